The van der Waals surface area contributed by atoms with E-state index in [-0.39, 0.29) is 27.6 Å². The lowest BCUT2D eigenvalue weighted by molar-refractivity contribution is -0.118. The minimum absolute atomic E-state index is 0.0286. The Morgan fingerprint density at radius 2 is 2.10 bits per heavy atom. The SMILES string of the molecule is COc1cccc(NC(=O)[C@H]2[C@@H](C=C(Cl)Cl)C2(C)C)c1. The second-order valence-corrected chi connectivity index (χ2v) is 6.51. The van der Waals surface area contributed by atoms with Gasteiger partial charge in [0.15, 0.2) is 0 Å². The van der Waals surface area contributed by atoms with E-state index in [0.717, 1.165) is 5.69 Å². The van der Waals surface area contributed by atoms with Crippen molar-refractivity contribution in [3.05, 3.63) is 34.8 Å². The maximum absolute atomic E-state index is 12.3. The van der Waals surface area contributed by atoms with E-state index < -0.39 is 0 Å². The summed E-state index contributed by atoms with van der Waals surface area (Å²) in [5.41, 5.74) is 0.592. The Labute approximate surface area is 128 Å². The first-order valence-corrected chi connectivity index (χ1v) is 7.09. The first-order chi connectivity index (χ1) is 9.36. The standard InChI is InChI=1S/C15H17Cl2NO2/c1-15(2)11(8-12(16)17)13(15)14(19)18-9-5-4-6-10(7-9)20-3/h4-8,11,13H,1-3H3,(H,18,19)/t11-,13-/m1/s1. The van der Waals surface area contributed by atoms with E-state index in [1.54, 1.807) is 19.3 Å². The average Bonchev–Trinajstić information content (AvgIpc) is 2.90. The van der Waals surface area contributed by atoms with Gasteiger partial charge in [0.2, 0.25) is 5.91 Å². The Morgan fingerprint density at radius 3 is 2.70 bits per heavy atom. The third-order valence-corrected chi connectivity index (χ3v) is 4.09. The zero-order valence-corrected chi connectivity index (χ0v) is 13.1. The fourth-order valence-corrected chi connectivity index (χ4v) is 2.82. The summed E-state index contributed by atoms with van der Waals surface area (Å²) < 4.78 is 5.34. The van der Waals surface area contributed by atoms with Gasteiger partial charge in [0.05, 0.1) is 13.0 Å². The first-order valence-electron chi connectivity index (χ1n) is 6.34. The van der Waals surface area contributed by atoms with Gasteiger partial charge < -0.3 is 10.1 Å². The van der Waals surface area contributed by atoms with Gasteiger partial charge in [0, 0.05) is 11.8 Å². The van der Waals surface area contributed by atoms with Crippen LogP contribution in [-0.4, -0.2) is 13.0 Å². The molecule has 5 heteroatoms. The van der Waals surface area contributed by atoms with Crippen molar-refractivity contribution in [2.24, 2.45) is 17.3 Å². The second-order valence-electron chi connectivity index (χ2n) is 5.50. The molecule has 1 aromatic carbocycles. The van der Waals surface area contributed by atoms with E-state index in [1.807, 2.05) is 32.0 Å². The third kappa shape index (κ3) is 3.10. The molecule has 1 N–H and O–H groups in total. The number of carbonyl (C=O) groups excluding carboxylic acids is 1. The van der Waals surface area contributed by atoms with Crippen molar-refractivity contribution in [1.29, 1.82) is 0 Å². The Balaban J connectivity index is 2.08. The van der Waals surface area contributed by atoms with Gasteiger partial charge >= 0.3 is 0 Å². The Bertz CT molecular complexity index is 551. The van der Waals surface area contributed by atoms with Crippen LogP contribution in [0.3, 0.4) is 0 Å². The summed E-state index contributed by atoms with van der Waals surface area (Å²) in [4.78, 5) is 12.3. The highest BCUT2D eigenvalue weighted by atomic mass is 35.5. The number of ether oxygens (including phenoxy) is 1. The van der Waals surface area contributed by atoms with Crippen molar-refractivity contribution >= 4 is 34.8 Å². The molecular weight excluding hydrogens is 297 g/mol. The maximum Gasteiger partial charge on any atom is 0.228 e. The monoisotopic (exact) mass is 313 g/mol. The summed E-state index contributed by atoms with van der Waals surface area (Å²) in [5, 5.41) is 2.90. The summed E-state index contributed by atoms with van der Waals surface area (Å²) in [7, 11) is 1.59. The van der Waals surface area contributed by atoms with E-state index in [2.05, 4.69) is 5.32 Å². The first kappa shape index (κ1) is 15.2. The van der Waals surface area contributed by atoms with Crippen LogP contribution < -0.4 is 10.1 Å². The number of hydrogen-bond donors (Lipinski definition) is 1. The molecular formula is C15H17Cl2NO2. The van der Waals surface area contributed by atoms with Crippen molar-refractivity contribution in [3.63, 3.8) is 0 Å². The van der Waals surface area contributed by atoms with E-state index in [1.165, 1.54) is 0 Å². The molecule has 108 valence electrons. The van der Waals surface area contributed by atoms with Crippen LogP contribution in [0.1, 0.15) is 13.8 Å². The van der Waals surface area contributed by atoms with E-state index >= 15 is 0 Å². The Hall–Kier alpha value is -1.19. The zero-order valence-electron chi connectivity index (χ0n) is 11.6. The van der Waals surface area contributed by atoms with Gasteiger partial charge in [-0.05, 0) is 29.5 Å². The number of anilines is 1. The van der Waals surface area contributed by atoms with Crippen LogP contribution in [-0.2, 0) is 4.79 Å². The largest absolute Gasteiger partial charge is 0.497 e. The van der Waals surface area contributed by atoms with E-state index in [9.17, 15) is 4.79 Å². The lowest BCUT2D eigenvalue weighted by Gasteiger charge is -2.07. The van der Waals surface area contributed by atoms with Crippen molar-refractivity contribution in [3.8, 4) is 5.75 Å². The van der Waals surface area contributed by atoms with Crippen molar-refractivity contribution in [2.45, 2.75) is 13.8 Å². The van der Waals surface area contributed by atoms with Gasteiger partial charge in [0.1, 0.15) is 10.2 Å². The molecule has 0 unspecified atom stereocenters. The number of rotatable bonds is 4. The van der Waals surface area contributed by atoms with E-state index in [0.29, 0.717) is 5.75 Å². The number of methoxy groups -OCH3 is 1. The van der Waals surface area contributed by atoms with E-state index in [4.69, 9.17) is 27.9 Å². The number of allylic oxidation sites excluding steroid dienone is 1. The summed E-state index contributed by atoms with van der Waals surface area (Å²) in [6, 6.07) is 7.27. The van der Waals surface area contributed by atoms with Gasteiger partial charge in [-0.2, -0.15) is 0 Å². The van der Waals surface area contributed by atoms with Gasteiger partial charge in [-0.1, -0.05) is 43.1 Å². The normalized spacial score (nSPS) is 22.9. The number of benzene rings is 1. The lowest BCUT2D eigenvalue weighted by Crippen LogP contribution is -2.16. The van der Waals surface area contributed by atoms with Crippen molar-refractivity contribution in [2.75, 3.05) is 12.4 Å². The minimum Gasteiger partial charge on any atom is -0.497 e. The molecule has 0 aromatic heterocycles. The Kier molecular flexibility index (Phi) is 4.31. The molecule has 0 aliphatic heterocycles. The fourth-order valence-electron chi connectivity index (χ4n) is 2.55. The number of nitrogens with one attached hydrogen (secondary N) is 1. The van der Waals surface area contributed by atoms with Crippen LogP contribution in [0.5, 0.6) is 5.75 Å². The highest BCUT2D eigenvalue weighted by Crippen LogP contribution is 2.60. The average molecular weight is 314 g/mol. The molecule has 3 nitrogen and oxygen atoms in total. The van der Waals surface area contributed by atoms with Gasteiger partial charge in [-0.25, -0.2) is 0 Å². The summed E-state index contributed by atoms with van der Waals surface area (Å²) >= 11 is 11.4. The van der Waals surface area contributed by atoms with Crippen LogP contribution in [0, 0.1) is 17.3 Å². The van der Waals surface area contributed by atoms with Crippen LogP contribution >= 0.6 is 23.2 Å². The number of hydrogen-bond acceptors (Lipinski definition) is 2. The predicted molar refractivity (Wildman–Crippen MR) is 82.2 cm³/mol. The number of amides is 1. The van der Waals surface area contributed by atoms with Gasteiger partial charge in [-0.3, -0.25) is 4.79 Å². The predicted octanol–water partition coefficient (Wildman–Crippen LogP) is 4.22. The molecule has 1 saturated carbocycles. The van der Waals surface area contributed by atoms with Gasteiger partial charge in [0.25, 0.3) is 0 Å². The molecule has 1 aromatic rings. The van der Waals surface area contributed by atoms with Crippen molar-refractivity contribution < 1.29 is 9.53 Å². The highest BCUT2D eigenvalue weighted by Gasteiger charge is 2.60. The maximum atomic E-state index is 12.3. The molecule has 2 rings (SSSR count). The third-order valence-electron chi connectivity index (χ3n) is 3.84. The molecule has 0 saturated heterocycles. The topological polar surface area (TPSA) is 38.3 Å². The quantitative estimate of drug-likeness (QED) is 0.903. The smallest absolute Gasteiger partial charge is 0.228 e. The van der Waals surface area contributed by atoms with Crippen LogP contribution in [0.25, 0.3) is 0 Å². The summed E-state index contributed by atoms with van der Waals surface area (Å²) in [5.74, 6) is 0.622. The summed E-state index contributed by atoms with van der Waals surface area (Å²) in [6.45, 7) is 4.06. The number of halogens is 2. The van der Waals surface area contributed by atoms with Crippen LogP contribution in [0.2, 0.25) is 0 Å². The minimum atomic E-state index is -0.127. The molecule has 2 atom stereocenters. The molecule has 0 spiro atoms. The van der Waals surface area contributed by atoms with Gasteiger partial charge in [-0.15, -0.1) is 0 Å². The zero-order chi connectivity index (χ0) is 14.9. The Morgan fingerprint density at radius 1 is 1.40 bits per heavy atom. The molecule has 1 amide bonds. The molecule has 1 aliphatic carbocycles. The lowest BCUT2D eigenvalue weighted by atomic mass is 10.1. The molecule has 20 heavy (non-hydrogen) atoms. The molecule has 1 aliphatic rings. The van der Waals surface area contributed by atoms with Crippen molar-refractivity contribution in [1.82, 2.24) is 0 Å². The number of carbonyl (C=O) groups is 1. The summed E-state index contributed by atoms with van der Waals surface area (Å²) in [6.07, 6.45) is 1.74. The van der Waals surface area contributed by atoms with Crippen LogP contribution in [0.15, 0.2) is 34.8 Å². The second kappa shape index (κ2) is 5.66. The molecule has 1 fully saturated rings. The molecule has 0 bridgehead atoms. The molecule has 0 heterocycles. The fraction of sp³-hybridized carbons (Fsp3) is 0.400. The van der Waals surface area contributed by atoms with Crippen LogP contribution in [0.4, 0.5) is 5.69 Å². The highest BCUT2D eigenvalue weighted by molar-refractivity contribution is 6.55. The molecule has 0 radical (unpaired) electrons.